The molecule has 0 saturated heterocycles. The molecule has 3 aromatic heterocycles. The highest BCUT2D eigenvalue weighted by Crippen LogP contribution is 2.50. The average Bonchev–Trinajstić information content (AvgIpc) is 4.21. The summed E-state index contributed by atoms with van der Waals surface area (Å²) in [5.74, 6) is 0. The number of thiophene rings is 1. The molecule has 1 aliphatic carbocycles. The Balaban J connectivity index is 0.947. The SMILES string of the molecule is CC1(C)c2ccccc2-c2ccc(C3=c4c(ccc5cc(-c6ccccc6)sc45)=NC(n4c5ccc(-c6cccc7c8c9ccccc9ccc8n(-c8ccccc8)c67)cc5c5c6ccccc6ccc54)N3)cc21. The Kier molecular flexibility index (Phi) is 8.70. The van der Waals surface area contributed by atoms with Crippen molar-refractivity contribution in [3.8, 4) is 38.4 Å². The van der Waals surface area contributed by atoms with Crippen LogP contribution in [0, 0.1) is 0 Å². The molecular weight excluding hydrogens is 917 g/mol. The molecule has 16 rings (SSSR count). The van der Waals surface area contributed by atoms with Crippen LogP contribution in [0.4, 0.5) is 0 Å². The van der Waals surface area contributed by atoms with Gasteiger partial charge >= 0.3 is 0 Å². The predicted molar refractivity (Wildman–Crippen MR) is 311 cm³/mol. The molecule has 1 aliphatic heterocycles. The largest absolute Gasteiger partial charge is 0.345 e. The van der Waals surface area contributed by atoms with Crippen LogP contribution in [0.2, 0.25) is 0 Å². The first-order chi connectivity index (χ1) is 36.5. The van der Waals surface area contributed by atoms with Gasteiger partial charge in [0.25, 0.3) is 0 Å². The van der Waals surface area contributed by atoms with Crippen LogP contribution < -0.4 is 15.9 Å². The molecule has 2 aliphatic rings. The molecule has 0 saturated carbocycles. The quantitative estimate of drug-likeness (QED) is 0.183. The fourth-order valence-electron chi connectivity index (χ4n) is 12.9. The number of para-hydroxylation sites is 2. The second kappa shape index (κ2) is 15.5. The van der Waals surface area contributed by atoms with Crippen molar-refractivity contribution in [3.05, 3.63) is 258 Å². The summed E-state index contributed by atoms with van der Waals surface area (Å²) in [5.41, 5.74) is 16.9. The fourth-order valence-corrected chi connectivity index (χ4v) is 14.1. The van der Waals surface area contributed by atoms with Crippen LogP contribution in [-0.2, 0) is 5.41 Å². The molecule has 4 heterocycles. The van der Waals surface area contributed by atoms with E-state index in [1.807, 2.05) is 11.3 Å². The Morgan fingerprint density at radius 1 is 0.459 bits per heavy atom. The fraction of sp³-hybridized carbons (Fsp3) is 0.0580. The van der Waals surface area contributed by atoms with Gasteiger partial charge in [-0.2, -0.15) is 0 Å². The Morgan fingerprint density at radius 3 is 1.91 bits per heavy atom. The molecule has 1 unspecified atom stereocenters. The second-order valence-corrected chi connectivity index (χ2v) is 21.7. The molecule has 0 radical (unpaired) electrons. The number of hydrogen-bond donors (Lipinski definition) is 1. The number of fused-ring (bicyclic) bond motifs is 16. The molecule has 74 heavy (non-hydrogen) atoms. The van der Waals surface area contributed by atoms with Gasteiger partial charge in [-0.3, -0.25) is 0 Å². The number of benzene rings is 11. The van der Waals surface area contributed by atoms with Gasteiger partial charge in [0, 0.05) is 53.0 Å². The number of rotatable bonds is 5. The highest BCUT2D eigenvalue weighted by molar-refractivity contribution is 7.22. The van der Waals surface area contributed by atoms with Crippen molar-refractivity contribution in [1.29, 1.82) is 0 Å². The lowest BCUT2D eigenvalue weighted by atomic mass is 9.82. The Bertz CT molecular complexity index is 4840. The second-order valence-electron chi connectivity index (χ2n) is 20.6. The van der Waals surface area contributed by atoms with Crippen molar-refractivity contribution in [2.24, 2.45) is 4.99 Å². The maximum atomic E-state index is 5.76. The van der Waals surface area contributed by atoms with Crippen molar-refractivity contribution >= 4 is 92.3 Å². The van der Waals surface area contributed by atoms with Crippen LogP contribution in [0.5, 0.6) is 0 Å². The molecule has 0 spiro atoms. The van der Waals surface area contributed by atoms with Gasteiger partial charge < -0.3 is 14.5 Å². The summed E-state index contributed by atoms with van der Waals surface area (Å²) in [6.45, 7) is 4.74. The van der Waals surface area contributed by atoms with Gasteiger partial charge in [-0.25, -0.2) is 4.99 Å². The van der Waals surface area contributed by atoms with Gasteiger partial charge in [-0.15, -0.1) is 11.3 Å². The van der Waals surface area contributed by atoms with Crippen LogP contribution in [0.1, 0.15) is 36.8 Å². The van der Waals surface area contributed by atoms with Crippen LogP contribution in [0.15, 0.2) is 236 Å². The monoisotopic (exact) mass is 962 g/mol. The van der Waals surface area contributed by atoms with Gasteiger partial charge in [0.15, 0.2) is 0 Å². The maximum absolute atomic E-state index is 5.76. The number of aromatic nitrogens is 2. The Labute approximate surface area is 431 Å². The Morgan fingerprint density at radius 2 is 1.09 bits per heavy atom. The minimum absolute atomic E-state index is 0.154. The van der Waals surface area contributed by atoms with Crippen molar-refractivity contribution in [3.63, 3.8) is 0 Å². The van der Waals surface area contributed by atoms with E-state index < -0.39 is 6.29 Å². The van der Waals surface area contributed by atoms with E-state index in [4.69, 9.17) is 4.99 Å². The first-order valence-electron chi connectivity index (χ1n) is 25.6. The molecule has 14 aromatic rings. The van der Waals surface area contributed by atoms with Crippen molar-refractivity contribution in [2.45, 2.75) is 25.6 Å². The molecule has 0 amide bonds. The van der Waals surface area contributed by atoms with E-state index >= 15 is 0 Å². The van der Waals surface area contributed by atoms with E-state index in [9.17, 15) is 0 Å². The molecular formula is C69H46N4S. The summed E-state index contributed by atoms with van der Waals surface area (Å²) < 4.78 is 6.17. The third-order valence-corrected chi connectivity index (χ3v) is 17.5. The molecule has 1 N–H and O–H groups in total. The highest BCUT2D eigenvalue weighted by Gasteiger charge is 2.36. The van der Waals surface area contributed by atoms with E-state index in [-0.39, 0.29) is 5.41 Å². The molecule has 5 heteroatoms. The molecule has 11 aromatic carbocycles. The van der Waals surface area contributed by atoms with Crippen LogP contribution in [0.25, 0.3) is 119 Å². The summed E-state index contributed by atoms with van der Waals surface area (Å²) in [6, 6.07) is 85.3. The summed E-state index contributed by atoms with van der Waals surface area (Å²) in [4.78, 5) is 7.01. The predicted octanol–water partition coefficient (Wildman–Crippen LogP) is 16.6. The molecule has 1 atom stereocenters. The number of nitrogens with zero attached hydrogens (tertiary/aromatic N) is 3. The van der Waals surface area contributed by atoms with Gasteiger partial charge in [-0.1, -0.05) is 190 Å². The maximum Gasteiger partial charge on any atom is 0.201 e. The lowest BCUT2D eigenvalue weighted by molar-refractivity contribution is 0.490. The third-order valence-electron chi connectivity index (χ3n) is 16.3. The molecule has 0 fully saturated rings. The lowest BCUT2D eigenvalue weighted by Gasteiger charge is -2.27. The van der Waals surface area contributed by atoms with Crippen molar-refractivity contribution in [1.82, 2.24) is 14.5 Å². The van der Waals surface area contributed by atoms with E-state index in [1.54, 1.807) is 0 Å². The standard InChI is InChI=1S/C69H46N4S/c1-69(2)55-27-14-13-24-51(55)52-33-28-45(39-56(52)69)65-64-57(34-29-46-40-61(74-67(46)64)43-18-5-3-6-19-43)70-68(71-65)73-58-35-32-44(38-54(58)63-49-23-12-10-17-42(49)31-37-60(63)73)50-25-15-26-53-62-48-22-11-9-16-41(48)30-36-59(62)72(66(50)53)47-20-7-4-8-21-47/h3-40,68,71H,1-2H3. The van der Waals surface area contributed by atoms with Crippen LogP contribution in [-0.4, -0.2) is 9.13 Å². The van der Waals surface area contributed by atoms with Gasteiger partial charge in [0.1, 0.15) is 0 Å². The van der Waals surface area contributed by atoms with Gasteiger partial charge in [-0.05, 0) is 120 Å². The van der Waals surface area contributed by atoms with Crippen molar-refractivity contribution in [2.75, 3.05) is 0 Å². The molecule has 4 nitrogen and oxygen atoms in total. The highest BCUT2D eigenvalue weighted by atomic mass is 32.1. The van der Waals surface area contributed by atoms with Gasteiger partial charge in [0.2, 0.25) is 6.29 Å². The zero-order valence-electron chi connectivity index (χ0n) is 40.8. The average molecular weight is 963 g/mol. The van der Waals surface area contributed by atoms with Crippen LogP contribution >= 0.6 is 11.3 Å². The topological polar surface area (TPSA) is 34.2 Å². The number of hydrogen-bond acceptors (Lipinski definition) is 3. The minimum atomic E-state index is -0.452. The smallest absolute Gasteiger partial charge is 0.201 e. The first-order valence-corrected chi connectivity index (χ1v) is 26.5. The first kappa shape index (κ1) is 41.6. The van der Waals surface area contributed by atoms with E-state index in [0.717, 1.165) is 38.6 Å². The minimum Gasteiger partial charge on any atom is -0.345 e. The Hall–Kier alpha value is -9.03. The summed E-state index contributed by atoms with van der Waals surface area (Å²) in [6.07, 6.45) is -0.452. The van der Waals surface area contributed by atoms with E-state index in [1.165, 1.54) is 108 Å². The third kappa shape index (κ3) is 5.87. The number of nitrogens with one attached hydrogen (secondary N) is 1. The zero-order valence-corrected chi connectivity index (χ0v) is 41.6. The summed E-state index contributed by atoms with van der Waals surface area (Å²) >= 11 is 1.86. The van der Waals surface area contributed by atoms with E-state index in [0.29, 0.717) is 0 Å². The molecule has 0 bridgehead atoms. The molecule has 348 valence electrons. The lowest BCUT2D eigenvalue weighted by Crippen LogP contribution is -2.41. The summed E-state index contributed by atoms with van der Waals surface area (Å²) in [5, 5.41) is 17.4. The summed E-state index contributed by atoms with van der Waals surface area (Å²) in [7, 11) is 0. The van der Waals surface area contributed by atoms with Gasteiger partial charge in [0.05, 0.1) is 33.1 Å². The van der Waals surface area contributed by atoms with Crippen LogP contribution in [0.3, 0.4) is 0 Å². The normalized spacial score (nSPS) is 14.8. The zero-order chi connectivity index (χ0) is 48.8. The van der Waals surface area contributed by atoms with Crippen molar-refractivity contribution < 1.29 is 0 Å². The van der Waals surface area contributed by atoms with E-state index in [2.05, 4.69) is 259 Å².